The molecule has 4 heteroatoms. The smallest absolute Gasteiger partial charge is 0.303 e. The average Bonchev–Trinajstić information content (AvgIpc) is 2.97. The molecule has 0 saturated heterocycles. The Balaban J connectivity index is 0.00000225. The summed E-state index contributed by atoms with van der Waals surface area (Å²) in [5.41, 5.74) is 0.882. The first kappa shape index (κ1) is 22.1. The first-order valence-corrected chi connectivity index (χ1v) is 11.7. The fourth-order valence-electron chi connectivity index (χ4n) is 8.76. The molecule has 0 aromatic heterocycles. The summed E-state index contributed by atoms with van der Waals surface area (Å²) in [6.45, 7) is 7.43. The summed E-state index contributed by atoms with van der Waals surface area (Å²) < 4.78 is 0. The van der Waals surface area contributed by atoms with Crippen LogP contribution in [0.25, 0.3) is 0 Å². The Hall–Kier alpha value is -0.610. The van der Waals surface area contributed by atoms with Crippen molar-refractivity contribution in [1.29, 1.82) is 0 Å². The van der Waals surface area contributed by atoms with Crippen LogP contribution in [0.5, 0.6) is 0 Å². The Morgan fingerprint density at radius 1 is 1.00 bits per heavy atom. The molecule has 0 spiro atoms. The quantitative estimate of drug-likeness (QED) is 0.574. The molecule has 9 atom stereocenters. The molecule has 5 N–H and O–H groups in total. The first-order valence-electron chi connectivity index (χ1n) is 11.7. The van der Waals surface area contributed by atoms with Gasteiger partial charge in [0.25, 0.3) is 0 Å². The van der Waals surface area contributed by atoms with Crippen LogP contribution >= 0.6 is 0 Å². The van der Waals surface area contributed by atoms with Gasteiger partial charge in [-0.2, -0.15) is 0 Å². The van der Waals surface area contributed by atoms with Crippen molar-refractivity contribution in [1.82, 2.24) is 6.15 Å². The minimum Gasteiger partial charge on any atom is -0.481 e. The zero-order valence-electron chi connectivity index (χ0n) is 18.3. The van der Waals surface area contributed by atoms with Crippen molar-refractivity contribution in [3.63, 3.8) is 0 Å². The van der Waals surface area contributed by atoms with Crippen molar-refractivity contribution >= 4 is 5.97 Å². The topological polar surface area (TPSA) is 92.5 Å². The van der Waals surface area contributed by atoms with E-state index in [9.17, 15) is 9.90 Å². The number of aliphatic carboxylic acids is 1. The number of carbonyl (C=O) groups is 1. The molecule has 0 aliphatic heterocycles. The molecule has 4 aliphatic carbocycles. The van der Waals surface area contributed by atoms with E-state index in [4.69, 9.17) is 5.11 Å². The van der Waals surface area contributed by atoms with Crippen molar-refractivity contribution < 1.29 is 15.0 Å². The Bertz CT molecular complexity index is 580. The largest absolute Gasteiger partial charge is 0.481 e. The molecule has 4 saturated carbocycles. The van der Waals surface area contributed by atoms with Crippen molar-refractivity contribution in [2.24, 2.45) is 46.3 Å². The fraction of sp³-hybridized carbons (Fsp3) is 0.958. The molecule has 0 aromatic rings. The van der Waals surface area contributed by atoms with Crippen molar-refractivity contribution in [3.8, 4) is 0 Å². The maximum Gasteiger partial charge on any atom is 0.303 e. The zero-order chi connectivity index (χ0) is 19.4. The van der Waals surface area contributed by atoms with E-state index < -0.39 is 5.97 Å². The van der Waals surface area contributed by atoms with Crippen LogP contribution in [-0.2, 0) is 4.79 Å². The van der Waals surface area contributed by atoms with Crippen LogP contribution in [0.3, 0.4) is 0 Å². The zero-order valence-corrected chi connectivity index (χ0v) is 18.3. The number of aliphatic hydroxyl groups is 1. The van der Waals surface area contributed by atoms with Crippen LogP contribution in [0.15, 0.2) is 0 Å². The summed E-state index contributed by atoms with van der Waals surface area (Å²) in [5.74, 6) is 3.91. The molecular weight excluding hydrogens is 350 g/mol. The van der Waals surface area contributed by atoms with Crippen LogP contribution < -0.4 is 6.15 Å². The second-order valence-corrected chi connectivity index (χ2v) is 11.2. The standard InChI is InChI=1S/C24H40O3.H3N/c1-15(4-9-22(26)27)19-7-8-20-18-6-5-16-14-17(25)10-12-23(16,2)21(18)11-13-24(19,20)3;/h15-21,25H,4-14H2,1-3H3,(H,26,27);1H3/t15-,16-,17-,18+,19-,20+,21+,23+,24-;/m1./s1. The summed E-state index contributed by atoms with van der Waals surface area (Å²) in [6.07, 6.45) is 12.4. The van der Waals surface area contributed by atoms with Crippen LogP contribution in [0.1, 0.15) is 91.4 Å². The molecule has 0 heterocycles. The van der Waals surface area contributed by atoms with Crippen LogP contribution in [0.2, 0.25) is 0 Å². The van der Waals surface area contributed by atoms with Gasteiger partial charge in [-0.1, -0.05) is 20.8 Å². The normalized spacial score (nSPS) is 48.6. The first-order chi connectivity index (χ1) is 12.8. The van der Waals surface area contributed by atoms with E-state index in [1.807, 2.05) is 0 Å². The molecule has 0 bridgehead atoms. The number of carboxylic acids is 1. The van der Waals surface area contributed by atoms with Crippen molar-refractivity contribution in [2.75, 3.05) is 0 Å². The van der Waals surface area contributed by atoms with Gasteiger partial charge in [-0.3, -0.25) is 4.79 Å². The average molecular weight is 394 g/mol. The van der Waals surface area contributed by atoms with Gasteiger partial charge in [0, 0.05) is 6.42 Å². The number of carboxylic acid groups (broad SMARTS) is 1. The number of fused-ring (bicyclic) bond motifs is 5. The third-order valence-corrected chi connectivity index (χ3v) is 10.2. The predicted molar refractivity (Wildman–Crippen MR) is 112 cm³/mol. The molecule has 0 unspecified atom stereocenters. The SMILES string of the molecule is C[C@H](CCC(=O)O)[C@H]1CC[C@H]2[C@@H]3CC[C@@H]4C[C@H](O)CC[C@]4(C)[C@H]3CC[C@]12C.N. The summed E-state index contributed by atoms with van der Waals surface area (Å²) in [4.78, 5) is 11.0. The van der Waals surface area contributed by atoms with E-state index in [0.29, 0.717) is 29.1 Å². The minimum absolute atomic E-state index is 0. The third kappa shape index (κ3) is 3.43. The third-order valence-electron chi connectivity index (χ3n) is 10.2. The number of hydrogen-bond donors (Lipinski definition) is 3. The Labute approximate surface area is 171 Å². The predicted octanol–water partition coefficient (Wildman–Crippen LogP) is 5.67. The molecule has 4 nitrogen and oxygen atoms in total. The summed E-state index contributed by atoms with van der Waals surface area (Å²) in [6, 6.07) is 0. The van der Waals surface area contributed by atoms with E-state index in [0.717, 1.165) is 42.9 Å². The van der Waals surface area contributed by atoms with Gasteiger partial charge in [-0.25, -0.2) is 0 Å². The van der Waals surface area contributed by atoms with Gasteiger partial charge in [0.15, 0.2) is 0 Å². The van der Waals surface area contributed by atoms with Crippen LogP contribution in [0.4, 0.5) is 0 Å². The van der Waals surface area contributed by atoms with E-state index in [-0.39, 0.29) is 12.3 Å². The second-order valence-electron chi connectivity index (χ2n) is 11.2. The molecule has 0 amide bonds. The lowest BCUT2D eigenvalue weighted by molar-refractivity contribution is -0.138. The molecule has 4 rings (SSSR count). The highest BCUT2D eigenvalue weighted by atomic mass is 16.4. The fourth-order valence-corrected chi connectivity index (χ4v) is 8.76. The maximum atomic E-state index is 11.0. The molecule has 4 aliphatic rings. The highest BCUT2D eigenvalue weighted by Gasteiger charge is 2.60. The van der Waals surface area contributed by atoms with Crippen molar-refractivity contribution in [2.45, 2.75) is 97.5 Å². The highest BCUT2D eigenvalue weighted by molar-refractivity contribution is 5.66. The summed E-state index contributed by atoms with van der Waals surface area (Å²) in [5, 5.41) is 19.3. The molecular formula is C24H43NO3. The van der Waals surface area contributed by atoms with Crippen molar-refractivity contribution in [3.05, 3.63) is 0 Å². The summed E-state index contributed by atoms with van der Waals surface area (Å²) >= 11 is 0. The monoisotopic (exact) mass is 393 g/mol. The van der Waals surface area contributed by atoms with E-state index >= 15 is 0 Å². The Morgan fingerprint density at radius 2 is 1.68 bits per heavy atom. The Morgan fingerprint density at radius 3 is 2.39 bits per heavy atom. The van der Waals surface area contributed by atoms with E-state index in [1.54, 1.807) is 0 Å². The van der Waals surface area contributed by atoms with Gasteiger partial charge in [0.2, 0.25) is 0 Å². The number of hydrogen-bond acceptors (Lipinski definition) is 3. The number of aliphatic hydroxyl groups excluding tert-OH is 1. The maximum absolute atomic E-state index is 11.0. The number of rotatable bonds is 4. The Kier molecular flexibility index (Phi) is 6.23. The van der Waals surface area contributed by atoms with E-state index in [1.165, 1.54) is 44.9 Å². The van der Waals surface area contributed by atoms with Gasteiger partial charge in [-0.05, 0) is 111 Å². The lowest BCUT2D eigenvalue weighted by atomic mass is 9.44. The van der Waals surface area contributed by atoms with Gasteiger partial charge < -0.3 is 16.4 Å². The molecule has 162 valence electrons. The van der Waals surface area contributed by atoms with Crippen LogP contribution in [-0.4, -0.2) is 22.3 Å². The van der Waals surface area contributed by atoms with E-state index in [2.05, 4.69) is 20.8 Å². The summed E-state index contributed by atoms with van der Waals surface area (Å²) in [7, 11) is 0. The molecule has 0 radical (unpaired) electrons. The second kappa shape index (κ2) is 7.91. The molecule has 4 fully saturated rings. The highest BCUT2D eigenvalue weighted by Crippen LogP contribution is 2.68. The molecule has 28 heavy (non-hydrogen) atoms. The van der Waals surface area contributed by atoms with Gasteiger partial charge >= 0.3 is 5.97 Å². The van der Waals surface area contributed by atoms with Gasteiger partial charge in [-0.15, -0.1) is 0 Å². The van der Waals surface area contributed by atoms with Crippen LogP contribution in [0, 0.1) is 46.3 Å². The van der Waals surface area contributed by atoms with Gasteiger partial charge in [0.05, 0.1) is 6.10 Å². The lowest BCUT2D eigenvalue weighted by Gasteiger charge is -2.61. The molecule has 0 aromatic carbocycles. The minimum atomic E-state index is -0.643. The van der Waals surface area contributed by atoms with Gasteiger partial charge in [0.1, 0.15) is 0 Å². The lowest BCUT2D eigenvalue weighted by Crippen LogP contribution is -2.54.